The Hall–Kier alpha value is -3.81. The van der Waals surface area contributed by atoms with Gasteiger partial charge in [0.1, 0.15) is 17.5 Å². The second kappa shape index (κ2) is 12.2. The summed E-state index contributed by atoms with van der Waals surface area (Å²) in [6, 6.07) is 20.1. The number of carbonyl (C=O) groups is 2. The van der Waals surface area contributed by atoms with E-state index in [0.29, 0.717) is 44.9 Å². The van der Waals surface area contributed by atoms with Gasteiger partial charge in [0.05, 0.1) is 13.0 Å². The number of halogens is 2. The molecule has 0 spiro atoms. The van der Waals surface area contributed by atoms with Gasteiger partial charge in [-0.3, -0.25) is 10.1 Å². The first-order chi connectivity index (χ1) is 18.3. The summed E-state index contributed by atoms with van der Waals surface area (Å²) in [5, 5.41) is 7.73. The number of hydrogen-bond donors (Lipinski definition) is 1. The number of aryl methyl sites for hydroxylation is 1. The summed E-state index contributed by atoms with van der Waals surface area (Å²) in [6.07, 6.45) is -1.03. The molecule has 0 radical (unpaired) electrons. The molecule has 1 amide bonds. The van der Waals surface area contributed by atoms with Gasteiger partial charge >= 0.3 is 12.1 Å². The van der Waals surface area contributed by atoms with E-state index in [1.807, 2.05) is 48.5 Å². The van der Waals surface area contributed by atoms with Crippen LogP contribution in [0.3, 0.4) is 0 Å². The fourth-order valence-electron chi connectivity index (χ4n) is 3.95. The SMILES string of the molecule is CCOC(=O)Cc1ccc(-c2ccc(-c3onc(C)c3NC(=O)OC(C)c3ccccc3Cl)cc2Cl)cc1. The Kier molecular flexibility index (Phi) is 8.71. The van der Waals surface area contributed by atoms with Crippen molar-refractivity contribution < 1.29 is 23.6 Å². The molecule has 0 saturated heterocycles. The molecular formula is C29H26Cl2N2O5. The first-order valence-corrected chi connectivity index (χ1v) is 12.8. The highest BCUT2D eigenvalue weighted by Crippen LogP contribution is 2.37. The average molecular weight is 553 g/mol. The highest BCUT2D eigenvalue weighted by molar-refractivity contribution is 6.33. The second-order valence-electron chi connectivity index (χ2n) is 8.54. The van der Waals surface area contributed by atoms with Crippen molar-refractivity contribution in [2.24, 2.45) is 0 Å². The van der Waals surface area contributed by atoms with E-state index in [9.17, 15) is 9.59 Å². The molecule has 4 rings (SSSR count). The van der Waals surface area contributed by atoms with Crippen LogP contribution in [0.2, 0.25) is 10.0 Å². The predicted octanol–water partition coefficient (Wildman–Crippen LogP) is 8.04. The lowest BCUT2D eigenvalue weighted by Crippen LogP contribution is -2.17. The molecule has 7 nitrogen and oxygen atoms in total. The normalized spacial score (nSPS) is 11.6. The monoisotopic (exact) mass is 552 g/mol. The van der Waals surface area contributed by atoms with Gasteiger partial charge in [0.15, 0.2) is 5.76 Å². The van der Waals surface area contributed by atoms with Crippen molar-refractivity contribution in [3.05, 3.63) is 93.6 Å². The van der Waals surface area contributed by atoms with Gasteiger partial charge in [-0.15, -0.1) is 0 Å². The highest BCUT2D eigenvalue weighted by atomic mass is 35.5. The van der Waals surface area contributed by atoms with Gasteiger partial charge in [0.25, 0.3) is 0 Å². The molecule has 0 fully saturated rings. The van der Waals surface area contributed by atoms with Crippen LogP contribution < -0.4 is 5.32 Å². The van der Waals surface area contributed by atoms with Crippen LogP contribution in [0.15, 0.2) is 71.3 Å². The molecule has 9 heteroatoms. The number of hydrogen-bond acceptors (Lipinski definition) is 6. The van der Waals surface area contributed by atoms with Crippen molar-refractivity contribution in [2.45, 2.75) is 33.3 Å². The molecule has 0 aliphatic heterocycles. The summed E-state index contributed by atoms with van der Waals surface area (Å²) in [4.78, 5) is 24.4. The van der Waals surface area contributed by atoms with Gasteiger partial charge in [-0.25, -0.2) is 4.79 Å². The zero-order valence-corrected chi connectivity index (χ0v) is 22.6. The molecule has 1 aromatic heterocycles. The number of aromatic nitrogens is 1. The van der Waals surface area contributed by atoms with Crippen LogP contribution in [-0.2, 0) is 20.7 Å². The molecule has 1 atom stereocenters. The second-order valence-corrected chi connectivity index (χ2v) is 9.35. The fourth-order valence-corrected chi connectivity index (χ4v) is 4.52. The zero-order chi connectivity index (χ0) is 27.2. The quantitative estimate of drug-likeness (QED) is 0.222. The third-order valence-corrected chi connectivity index (χ3v) is 6.52. The minimum absolute atomic E-state index is 0.209. The standard InChI is InChI=1S/C29H26Cl2N2O5/c1-4-36-26(34)15-19-9-11-20(12-10-19)23-14-13-21(16-25(23)31)28-27(17(2)33-38-28)32-29(35)37-18(3)22-7-5-6-8-24(22)30/h5-14,16,18H,4,15H2,1-3H3,(H,32,35). The predicted molar refractivity (Wildman–Crippen MR) is 147 cm³/mol. The van der Waals surface area contributed by atoms with Crippen molar-refractivity contribution in [3.8, 4) is 22.5 Å². The van der Waals surface area contributed by atoms with E-state index in [1.165, 1.54) is 0 Å². The van der Waals surface area contributed by atoms with Gasteiger partial charge in [-0.1, -0.05) is 83.0 Å². The molecule has 4 aromatic rings. The van der Waals surface area contributed by atoms with E-state index in [0.717, 1.165) is 16.7 Å². The average Bonchev–Trinajstić information content (AvgIpc) is 3.24. The van der Waals surface area contributed by atoms with Crippen LogP contribution in [0, 0.1) is 6.92 Å². The van der Waals surface area contributed by atoms with Crippen molar-refractivity contribution in [1.29, 1.82) is 0 Å². The van der Waals surface area contributed by atoms with E-state index < -0.39 is 12.2 Å². The third kappa shape index (κ3) is 6.36. The zero-order valence-electron chi connectivity index (χ0n) is 21.1. The molecular weight excluding hydrogens is 527 g/mol. The lowest BCUT2D eigenvalue weighted by Gasteiger charge is -2.15. The van der Waals surface area contributed by atoms with Crippen LogP contribution in [-0.4, -0.2) is 23.8 Å². The largest absolute Gasteiger partial charge is 0.466 e. The molecule has 0 aliphatic carbocycles. The molecule has 196 valence electrons. The number of ether oxygens (including phenoxy) is 2. The van der Waals surface area contributed by atoms with E-state index in [-0.39, 0.29) is 12.4 Å². The Labute approximate surface area is 230 Å². The number of nitrogens with zero attached hydrogens (tertiary/aromatic N) is 1. The number of rotatable bonds is 8. The smallest absolute Gasteiger partial charge is 0.412 e. The number of anilines is 1. The van der Waals surface area contributed by atoms with Gasteiger partial charge in [0.2, 0.25) is 0 Å². The number of benzene rings is 3. The summed E-state index contributed by atoms with van der Waals surface area (Å²) >= 11 is 12.9. The van der Waals surface area contributed by atoms with Crippen molar-refractivity contribution >= 4 is 41.0 Å². The maximum absolute atomic E-state index is 12.7. The summed E-state index contributed by atoms with van der Waals surface area (Å²) in [7, 11) is 0. The molecule has 1 N–H and O–H groups in total. The minimum Gasteiger partial charge on any atom is -0.466 e. The number of amides is 1. The Bertz CT molecular complexity index is 1450. The maximum Gasteiger partial charge on any atom is 0.412 e. The summed E-state index contributed by atoms with van der Waals surface area (Å²) < 4.78 is 16.0. The summed E-state index contributed by atoms with van der Waals surface area (Å²) in [5.74, 6) is 0.0830. The first-order valence-electron chi connectivity index (χ1n) is 12.0. The van der Waals surface area contributed by atoms with Gasteiger partial charge < -0.3 is 14.0 Å². The minimum atomic E-state index is -0.671. The fraction of sp³-hybridized carbons (Fsp3) is 0.207. The summed E-state index contributed by atoms with van der Waals surface area (Å²) in [5.41, 5.74) is 4.74. The maximum atomic E-state index is 12.7. The molecule has 3 aromatic carbocycles. The van der Waals surface area contributed by atoms with E-state index in [2.05, 4.69) is 10.5 Å². The van der Waals surface area contributed by atoms with Crippen LogP contribution in [0.5, 0.6) is 0 Å². The number of nitrogens with one attached hydrogen (secondary N) is 1. The van der Waals surface area contributed by atoms with Crippen LogP contribution in [0.25, 0.3) is 22.5 Å². The topological polar surface area (TPSA) is 90.7 Å². The Morgan fingerprint density at radius 3 is 2.39 bits per heavy atom. The van der Waals surface area contributed by atoms with Crippen LogP contribution >= 0.6 is 23.2 Å². The molecule has 38 heavy (non-hydrogen) atoms. The first kappa shape index (κ1) is 27.2. The van der Waals surface area contributed by atoms with E-state index >= 15 is 0 Å². The number of carbonyl (C=O) groups excluding carboxylic acids is 2. The van der Waals surface area contributed by atoms with E-state index in [4.69, 9.17) is 37.2 Å². The van der Waals surface area contributed by atoms with Gasteiger partial charge in [0, 0.05) is 26.7 Å². The molecule has 1 unspecified atom stereocenters. The van der Waals surface area contributed by atoms with Gasteiger partial charge in [-0.05, 0) is 44.0 Å². The Morgan fingerprint density at radius 2 is 1.71 bits per heavy atom. The molecule has 1 heterocycles. The Morgan fingerprint density at radius 1 is 1.00 bits per heavy atom. The lowest BCUT2D eigenvalue weighted by molar-refractivity contribution is -0.142. The van der Waals surface area contributed by atoms with Crippen molar-refractivity contribution in [2.75, 3.05) is 11.9 Å². The van der Waals surface area contributed by atoms with Crippen LogP contribution in [0.1, 0.15) is 36.8 Å². The molecule has 0 aliphatic rings. The third-order valence-electron chi connectivity index (χ3n) is 5.87. The highest BCUT2D eigenvalue weighted by Gasteiger charge is 2.21. The summed E-state index contributed by atoms with van der Waals surface area (Å²) in [6.45, 7) is 5.59. The molecule has 0 saturated carbocycles. The number of esters is 1. The van der Waals surface area contributed by atoms with E-state index in [1.54, 1.807) is 39.0 Å². The molecule has 0 bridgehead atoms. The Balaban J connectivity index is 1.50. The van der Waals surface area contributed by atoms with Crippen molar-refractivity contribution in [3.63, 3.8) is 0 Å². The van der Waals surface area contributed by atoms with Crippen LogP contribution in [0.4, 0.5) is 10.5 Å². The van der Waals surface area contributed by atoms with Gasteiger partial charge in [-0.2, -0.15) is 0 Å². The van der Waals surface area contributed by atoms with Crippen molar-refractivity contribution in [1.82, 2.24) is 5.16 Å². The lowest BCUT2D eigenvalue weighted by atomic mass is 10.0.